The molecule has 1 aromatic heterocycles. The van der Waals surface area contributed by atoms with E-state index in [2.05, 4.69) is 80.9 Å². The minimum Gasteiger partial charge on any atom is -0.399 e. The molecule has 0 fully saturated rings. The van der Waals surface area contributed by atoms with Crippen LogP contribution in [0, 0.1) is 6.92 Å². The fourth-order valence-corrected chi connectivity index (χ4v) is 4.66. The van der Waals surface area contributed by atoms with E-state index >= 15 is 0 Å². The first-order valence-corrected chi connectivity index (χ1v) is 11.7. The zero-order valence-electron chi connectivity index (χ0n) is 19.9. The molecular formula is C28H36N4+2. The molecule has 4 nitrogen and oxygen atoms in total. The van der Waals surface area contributed by atoms with Gasteiger partial charge in [-0.05, 0) is 57.2 Å². The summed E-state index contributed by atoms with van der Waals surface area (Å²) in [6.07, 6.45) is 1.10. The third kappa shape index (κ3) is 4.15. The Hall–Kier alpha value is -3.11. The van der Waals surface area contributed by atoms with Gasteiger partial charge in [-0.3, -0.25) is 0 Å². The molecule has 4 heteroatoms. The molecule has 3 aromatic carbocycles. The molecule has 32 heavy (non-hydrogen) atoms. The van der Waals surface area contributed by atoms with E-state index in [1.165, 1.54) is 38.5 Å². The molecule has 4 N–H and O–H groups in total. The van der Waals surface area contributed by atoms with Gasteiger partial charge < -0.3 is 16.0 Å². The number of aryl methyl sites for hydroxylation is 2. The topological polar surface area (TPSA) is 55.9 Å². The molecule has 0 saturated heterocycles. The van der Waals surface area contributed by atoms with Crippen LogP contribution in [0.15, 0.2) is 60.7 Å². The summed E-state index contributed by atoms with van der Waals surface area (Å²) >= 11 is 0. The van der Waals surface area contributed by atoms with Crippen LogP contribution in [0.1, 0.15) is 25.8 Å². The van der Waals surface area contributed by atoms with Crippen LogP contribution in [-0.2, 0) is 6.54 Å². The third-order valence-electron chi connectivity index (χ3n) is 7.10. The van der Waals surface area contributed by atoms with Crippen molar-refractivity contribution in [1.29, 1.82) is 0 Å². The van der Waals surface area contributed by atoms with Crippen LogP contribution >= 0.6 is 0 Å². The molecule has 0 amide bonds. The number of nitrogen functional groups attached to an aromatic ring is 2. The number of hydrogen-bond acceptors (Lipinski definition) is 2. The lowest BCUT2D eigenvalue weighted by atomic mass is 9.97. The highest BCUT2D eigenvalue weighted by molar-refractivity contribution is 6.10. The molecule has 0 spiro atoms. The molecule has 0 atom stereocenters. The van der Waals surface area contributed by atoms with Gasteiger partial charge in [0.05, 0.1) is 43.9 Å². The summed E-state index contributed by atoms with van der Waals surface area (Å²) < 4.78 is 3.55. The summed E-state index contributed by atoms with van der Waals surface area (Å²) in [6.45, 7) is 11.1. The van der Waals surface area contributed by atoms with Gasteiger partial charge in [0.2, 0.25) is 11.2 Å². The number of hydrogen-bond donors (Lipinski definition) is 2. The molecule has 0 radical (unpaired) electrons. The van der Waals surface area contributed by atoms with Gasteiger partial charge in [-0.15, -0.1) is 0 Å². The standard InChI is InChI=1S/C28H35N4/c1-5-32(4,6-2)17-7-16-31-27-19-23(30)13-15-25(27)24-14-12-22(29)18-26(24)28(31)21-10-8-20(3)9-11-21/h8-15,18-19,30H,5-7,16-17,29H2,1-4H3/q+1/p+1. The minimum atomic E-state index is 0.786. The second kappa shape index (κ2) is 8.79. The Morgan fingerprint density at radius 2 is 1.41 bits per heavy atom. The lowest BCUT2D eigenvalue weighted by molar-refractivity contribution is -0.908. The molecule has 166 valence electrons. The van der Waals surface area contributed by atoms with Gasteiger partial charge >= 0.3 is 0 Å². The maximum atomic E-state index is 6.27. The molecule has 0 aliphatic heterocycles. The highest BCUT2D eigenvalue weighted by atomic mass is 15.3. The highest BCUT2D eigenvalue weighted by Crippen LogP contribution is 2.33. The Morgan fingerprint density at radius 1 is 0.781 bits per heavy atom. The molecule has 0 bridgehead atoms. The van der Waals surface area contributed by atoms with Gasteiger partial charge in [0.15, 0.2) is 6.54 Å². The Balaban J connectivity index is 1.98. The highest BCUT2D eigenvalue weighted by Gasteiger charge is 2.25. The van der Waals surface area contributed by atoms with Crippen molar-refractivity contribution in [3.63, 3.8) is 0 Å². The largest absolute Gasteiger partial charge is 0.399 e. The smallest absolute Gasteiger partial charge is 0.220 e. The summed E-state index contributed by atoms with van der Waals surface area (Å²) in [7, 11) is 2.35. The number of aromatic nitrogens is 1. The van der Waals surface area contributed by atoms with E-state index in [4.69, 9.17) is 11.5 Å². The van der Waals surface area contributed by atoms with Gasteiger partial charge in [0.1, 0.15) is 0 Å². The minimum absolute atomic E-state index is 0.786. The number of rotatable bonds is 7. The number of nitrogens with zero attached hydrogens (tertiary/aromatic N) is 2. The second-order valence-corrected chi connectivity index (χ2v) is 9.28. The fraction of sp³-hybridized carbons (Fsp3) is 0.321. The molecule has 1 heterocycles. The van der Waals surface area contributed by atoms with Crippen molar-refractivity contribution in [3.8, 4) is 11.3 Å². The van der Waals surface area contributed by atoms with E-state index in [1.54, 1.807) is 0 Å². The van der Waals surface area contributed by atoms with Gasteiger partial charge in [-0.25, -0.2) is 0 Å². The van der Waals surface area contributed by atoms with Crippen LogP contribution in [0.5, 0.6) is 0 Å². The number of nitrogens with two attached hydrogens (primary N) is 2. The van der Waals surface area contributed by atoms with E-state index in [-0.39, 0.29) is 0 Å². The first kappa shape index (κ1) is 22.1. The summed E-state index contributed by atoms with van der Waals surface area (Å²) in [6, 6.07) is 21.3. The van der Waals surface area contributed by atoms with Crippen molar-refractivity contribution in [2.45, 2.75) is 33.7 Å². The molecule has 0 aliphatic carbocycles. The summed E-state index contributed by atoms with van der Waals surface area (Å²) in [5.41, 5.74) is 19.0. The van der Waals surface area contributed by atoms with E-state index in [1.807, 2.05) is 12.1 Å². The van der Waals surface area contributed by atoms with Gasteiger partial charge in [0.25, 0.3) is 0 Å². The monoisotopic (exact) mass is 428 g/mol. The maximum Gasteiger partial charge on any atom is 0.220 e. The molecule has 0 unspecified atom stereocenters. The van der Waals surface area contributed by atoms with Crippen LogP contribution < -0.4 is 16.0 Å². The van der Waals surface area contributed by atoms with Crippen molar-refractivity contribution < 1.29 is 9.05 Å². The number of fused-ring (bicyclic) bond motifs is 3. The molecule has 4 rings (SSSR count). The van der Waals surface area contributed by atoms with Crippen LogP contribution in [0.3, 0.4) is 0 Å². The van der Waals surface area contributed by atoms with Crippen molar-refractivity contribution in [1.82, 2.24) is 0 Å². The maximum absolute atomic E-state index is 6.27. The second-order valence-electron chi connectivity index (χ2n) is 9.28. The summed E-state index contributed by atoms with van der Waals surface area (Å²) in [5.74, 6) is 0. The van der Waals surface area contributed by atoms with Crippen LogP contribution in [0.4, 0.5) is 11.4 Å². The van der Waals surface area contributed by atoms with Gasteiger partial charge in [-0.2, -0.15) is 4.57 Å². The predicted octanol–water partition coefficient (Wildman–Crippen LogP) is 5.30. The number of anilines is 2. The number of quaternary nitrogens is 1. The average Bonchev–Trinajstić information content (AvgIpc) is 2.79. The fourth-order valence-electron chi connectivity index (χ4n) is 4.66. The van der Waals surface area contributed by atoms with Crippen molar-refractivity contribution >= 4 is 33.1 Å². The summed E-state index contributed by atoms with van der Waals surface area (Å²) in [4.78, 5) is 0. The van der Waals surface area contributed by atoms with Gasteiger partial charge in [0, 0.05) is 28.4 Å². The van der Waals surface area contributed by atoms with Crippen molar-refractivity contribution in [2.24, 2.45) is 0 Å². The first-order valence-electron chi connectivity index (χ1n) is 11.7. The Morgan fingerprint density at radius 3 is 2.06 bits per heavy atom. The predicted molar refractivity (Wildman–Crippen MR) is 137 cm³/mol. The van der Waals surface area contributed by atoms with E-state index in [9.17, 15) is 0 Å². The first-order chi connectivity index (χ1) is 15.3. The number of pyridine rings is 1. The Bertz CT molecular complexity index is 1250. The molecular weight excluding hydrogens is 392 g/mol. The Labute approximate surface area is 191 Å². The van der Waals surface area contributed by atoms with E-state index in [0.717, 1.165) is 48.5 Å². The lowest BCUT2D eigenvalue weighted by Gasteiger charge is -2.31. The Kier molecular flexibility index (Phi) is 6.07. The zero-order valence-corrected chi connectivity index (χ0v) is 19.9. The SMILES string of the molecule is CC[N+](C)(CC)CCC[n+]1c(-c2ccc(C)cc2)c2cc(N)ccc2c2ccc(N)cc21. The van der Waals surface area contributed by atoms with Crippen molar-refractivity contribution in [3.05, 3.63) is 66.2 Å². The van der Waals surface area contributed by atoms with Crippen molar-refractivity contribution in [2.75, 3.05) is 38.1 Å². The molecule has 4 aromatic rings. The van der Waals surface area contributed by atoms with E-state index < -0.39 is 0 Å². The van der Waals surface area contributed by atoms with E-state index in [0.29, 0.717) is 0 Å². The van der Waals surface area contributed by atoms with Crippen LogP contribution in [0.2, 0.25) is 0 Å². The normalized spacial score (nSPS) is 12.0. The number of benzene rings is 3. The van der Waals surface area contributed by atoms with Gasteiger partial charge in [-0.1, -0.05) is 23.8 Å². The van der Waals surface area contributed by atoms with Crippen LogP contribution in [0.25, 0.3) is 32.9 Å². The molecule has 0 saturated carbocycles. The quantitative estimate of drug-likeness (QED) is 0.182. The average molecular weight is 429 g/mol. The lowest BCUT2D eigenvalue weighted by Crippen LogP contribution is -2.46. The zero-order chi connectivity index (χ0) is 22.9. The summed E-state index contributed by atoms with van der Waals surface area (Å²) in [5, 5.41) is 3.62. The third-order valence-corrected chi connectivity index (χ3v) is 7.10. The van der Waals surface area contributed by atoms with Crippen LogP contribution in [-0.4, -0.2) is 31.2 Å². The molecule has 0 aliphatic rings.